The van der Waals surface area contributed by atoms with Gasteiger partial charge in [0.05, 0.1) is 24.5 Å². The molecular formula is C22H29N5O2. The lowest BCUT2D eigenvalue weighted by Gasteiger charge is -2.38. The standard InChI is InChI=1S/C22H29N5O2/c1-22(2,3)18-10-5-14(11-23-18)17-12-24-20-21(26-17)27(19(28)13-25-20)15-6-8-16(29-4)9-7-15/h5,10-12,15-16H,6-9,13H2,1-4H3,(H,24,25)/t15-,16-/i1+1,2+1,13+1,19+1,22+1. The van der Waals surface area contributed by atoms with E-state index < -0.39 is 0 Å². The maximum Gasteiger partial charge on any atom is 0.247 e. The molecule has 7 nitrogen and oxygen atoms in total. The fourth-order valence-electron chi connectivity index (χ4n) is 4.08. The first-order valence-corrected chi connectivity index (χ1v) is 10.3. The number of methoxy groups -OCH3 is 1. The lowest BCUT2D eigenvalue weighted by Crippen LogP contribution is -2.49. The number of rotatable bonds is 3. The molecule has 2 aromatic rings. The van der Waals surface area contributed by atoms with Crippen LogP contribution in [-0.2, 0) is 14.9 Å². The maximum atomic E-state index is 12.8. The smallest absolute Gasteiger partial charge is 0.247 e. The Balaban J connectivity index is 1.64. The SMILES string of the molecule is CO[C@H]1CC[C@H](N2c3nc(-c4ccc([13C](C)([13CH3])[13CH3])nc4)cnc3N[13CH2][13C]2=O)CC1. The van der Waals surface area contributed by atoms with Crippen molar-refractivity contribution in [2.24, 2.45) is 0 Å². The minimum absolute atomic E-state index is 0.00571. The third-order valence-electron chi connectivity index (χ3n) is 5.83. The largest absolute Gasteiger partial charge is 0.381 e. The summed E-state index contributed by atoms with van der Waals surface area (Å²) in [6.07, 6.45) is 7.61. The highest BCUT2D eigenvalue weighted by Gasteiger charge is 2.35. The number of ether oxygens (including phenoxy) is 1. The summed E-state index contributed by atoms with van der Waals surface area (Å²) in [5.74, 6) is 1.34. The topological polar surface area (TPSA) is 80.2 Å². The zero-order chi connectivity index (χ0) is 20.6. The van der Waals surface area contributed by atoms with Crippen molar-refractivity contribution < 1.29 is 9.53 Å². The van der Waals surface area contributed by atoms with Crippen molar-refractivity contribution in [3.8, 4) is 11.3 Å². The van der Waals surface area contributed by atoms with Crippen molar-refractivity contribution >= 4 is 17.5 Å². The van der Waals surface area contributed by atoms with Gasteiger partial charge in [-0.3, -0.25) is 14.7 Å². The van der Waals surface area contributed by atoms with Gasteiger partial charge < -0.3 is 10.1 Å². The molecule has 1 aliphatic heterocycles. The van der Waals surface area contributed by atoms with Crippen molar-refractivity contribution in [3.05, 3.63) is 30.2 Å². The van der Waals surface area contributed by atoms with E-state index in [0.29, 0.717) is 11.6 Å². The number of fused-ring (bicyclic) bond motifs is 1. The second-order valence-corrected chi connectivity index (χ2v) is 8.89. The fourth-order valence-corrected chi connectivity index (χ4v) is 4.08. The van der Waals surface area contributed by atoms with Crippen molar-refractivity contribution in [3.63, 3.8) is 0 Å². The molecule has 0 radical (unpaired) electrons. The van der Waals surface area contributed by atoms with Gasteiger partial charge in [-0.15, -0.1) is 0 Å². The minimum atomic E-state index is -0.00571. The quantitative estimate of drug-likeness (QED) is 0.794. The van der Waals surface area contributed by atoms with Gasteiger partial charge in [-0.1, -0.05) is 20.8 Å². The van der Waals surface area contributed by atoms with Gasteiger partial charge in [-0.2, -0.15) is 0 Å². The molecule has 1 fully saturated rings. The summed E-state index contributed by atoms with van der Waals surface area (Å²) in [7, 11) is 1.76. The molecule has 1 N–H and O–H groups in total. The van der Waals surface area contributed by atoms with Gasteiger partial charge in [0.1, 0.15) is 0 Å². The average Bonchev–Trinajstić information content (AvgIpc) is 2.73. The first-order chi connectivity index (χ1) is 13.9. The van der Waals surface area contributed by atoms with Gasteiger partial charge in [0.15, 0.2) is 11.6 Å². The van der Waals surface area contributed by atoms with Crippen LogP contribution < -0.4 is 10.2 Å². The van der Waals surface area contributed by atoms with Crippen LogP contribution >= 0.6 is 0 Å². The number of pyridine rings is 1. The highest BCUT2D eigenvalue weighted by molar-refractivity contribution is 6.01. The predicted molar refractivity (Wildman–Crippen MR) is 113 cm³/mol. The second kappa shape index (κ2) is 7.71. The Hall–Kier alpha value is -2.54. The summed E-state index contributed by atoms with van der Waals surface area (Å²) in [6, 6.07) is 4.19. The molecule has 29 heavy (non-hydrogen) atoms. The highest BCUT2D eigenvalue weighted by Crippen LogP contribution is 2.34. The van der Waals surface area contributed by atoms with E-state index in [1.165, 1.54) is 0 Å². The Kier molecular flexibility index (Phi) is 5.25. The van der Waals surface area contributed by atoms with Crippen LogP contribution in [0.2, 0.25) is 0 Å². The minimum Gasteiger partial charge on any atom is -0.381 e. The maximum absolute atomic E-state index is 12.8. The number of anilines is 2. The molecule has 3 heterocycles. The Bertz CT molecular complexity index is 883. The van der Waals surface area contributed by atoms with E-state index in [9.17, 15) is 4.79 Å². The van der Waals surface area contributed by atoms with Gasteiger partial charge in [-0.05, 0) is 37.8 Å². The van der Waals surface area contributed by atoms with Crippen molar-refractivity contribution in [1.29, 1.82) is 0 Å². The van der Waals surface area contributed by atoms with E-state index in [1.54, 1.807) is 13.3 Å². The van der Waals surface area contributed by atoms with E-state index in [2.05, 4.69) is 36.1 Å². The Morgan fingerprint density at radius 3 is 2.48 bits per heavy atom. The second-order valence-electron chi connectivity index (χ2n) is 8.89. The van der Waals surface area contributed by atoms with E-state index in [0.717, 1.165) is 42.6 Å². The third kappa shape index (κ3) is 3.96. The Labute approximate surface area is 171 Å². The molecule has 0 atom stereocenters. The Morgan fingerprint density at radius 1 is 1.10 bits per heavy atom. The molecule has 0 saturated heterocycles. The number of aromatic nitrogens is 3. The first kappa shape index (κ1) is 19.8. The number of amides is 1. The summed E-state index contributed by atoms with van der Waals surface area (Å²) in [6.45, 7) is 6.68. The number of hydrogen-bond acceptors (Lipinski definition) is 6. The van der Waals surface area contributed by atoms with Crippen LogP contribution in [0.1, 0.15) is 52.1 Å². The van der Waals surface area contributed by atoms with Crippen molar-refractivity contribution in [1.82, 2.24) is 15.0 Å². The van der Waals surface area contributed by atoms with Crippen LogP contribution in [-0.4, -0.2) is 46.7 Å². The zero-order valence-corrected chi connectivity index (χ0v) is 17.6. The van der Waals surface area contributed by atoms with Crippen molar-refractivity contribution in [2.75, 3.05) is 23.9 Å². The number of carbonyl (C=O) groups is 1. The lowest BCUT2D eigenvalue weighted by molar-refractivity contribution is -0.118. The zero-order valence-electron chi connectivity index (χ0n) is 17.6. The summed E-state index contributed by atoms with van der Waals surface area (Å²) in [4.78, 5) is 28.6. The monoisotopic (exact) mass is 400 g/mol. The number of hydrogen-bond donors (Lipinski definition) is 1. The van der Waals surface area contributed by atoms with Gasteiger partial charge in [0.25, 0.3) is 0 Å². The number of nitrogens with zero attached hydrogens (tertiary/aromatic N) is 4. The number of nitrogens with one attached hydrogen (secondary N) is 1. The average molecular weight is 400 g/mol. The molecule has 0 unspecified atom stereocenters. The molecule has 4 rings (SSSR count). The fraction of sp³-hybridized carbons (Fsp3) is 0.545. The van der Waals surface area contributed by atoms with Crippen LogP contribution in [0, 0.1) is 0 Å². The van der Waals surface area contributed by atoms with Gasteiger partial charge in [0, 0.05) is 36.0 Å². The molecule has 1 amide bonds. The number of carbonyl (C=O) groups excluding carboxylic acids is 1. The molecule has 0 bridgehead atoms. The summed E-state index contributed by atoms with van der Waals surface area (Å²) in [5.41, 5.74) is 2.65. The van der Waals surface area contributed by atoms with E-state index >= 15 is 0 Å². The Morgan fingerprint density at radius 2 is 1.86 bits per heavy atom. The molecule has 1 aliphatic carbocycles. The summed E-state index contributed by atoms with van der Waals surface area (Å²) >= 11 is 0. The molecule has 0 spiro atoms. The van der Waals surface area contributed by atoms with Crippen LogP contribution in [0.25, 0.3) is 11.3 Å². The molecule has 154 valence electrons. The van der Waals surface area contributed by atoms with E-state index in [1.807, 2.05) is 23.2 Å². The summed E-state index contributed by atoms with van der Waals surface area (Å²) in [5, 5.41) is 3.10. The summed E-state index contributed by atoms with van der Waals surface area (Å²) < 4.78 is 5.48. The normalized spacial score (nSPS) is 22.2. The van der Waals surface area contributed by atoms with Gasteiger partial charge in [-0.25, -0.2) is 9.97 Å². The molecule has 7 heteroatoms. The van der Waals surface area contributed by atoms with E-state index in [-0.39, 0.29) is 30.0 Å². The molecule has 0 aromatic carbocycles. The molecule has 2 aromatic heterocycles. The van der Waals surface area contributed by atoms with Crippen LogP contribution in [0.5, 0.6) is 0 Å². The van der Waals surface area contributed by atoms with Gasteiger partial charge in [0.2, 0.25) is 5.91 Å². The lowest BCUT2D eigenvalue weighted by atomic mass is 9.92. The third-order valence-corrected chi connectivity index (χ3v) is 5.83. The first-order valence-electron chi connectivity index (χ1n) is 10.3. The van der Waals surface area contributed by atoms with Crippen LogP contribution in [0.4, 0.5) is 11.6 Å². The predicted octanol–water partition coefficient (Wildman–Crippen LogP) is 3.55. The van der Waals surface area contributed by atoms with Crippen molar-refractivity contribution in [2.45, 2.75) is 64.0 Å². The van der Waals surface area contributed by atoms with Crippen LogP contribution in [0.15, 0.2) is 24.5 Å². The molecule has 1 saturated carbocycles. The van der Waals surface area contributed by atoms with Gasteiger partial charge >= 0.3 is 0 Å². The highest BCUT2D eigenvalue weighted by atomic mass is 16.5. The molecule has 2 aliphatic rings. The molecular weight excluding hydrogens is 371 g/mol. The van der Waals surface area contributed by atoms with E-state index in [4.69, 9.17) is 9.72 Å². The van der Waals surface area contributed by atoms with Crippen LogP contribution in [0.3, 0.4) is 0 Å².